The Morgan fingerprint density at radius 3 is 2.15 bits per heavy atom. The lowest BCUT2D eigenvalue weighted by Gasteiger charge is -2.42. The first kappa shape index (κ1) is 23.8. The Kier molecular flexibility index (Phi) is 6.88. The lowest BCUT2D eigenvalue weighted by Crippen LogP contribution is -2.61. The third-order valence-electron chi connectivity index (χ3n) is 6.69. The van der Waals surface area contributed by atoms with E-state index in [0.717, 1.165) is 28.7 Å². The van der Waals surface area contributed by atoms with Gasteiger partial charge in [0.15, 0.2) is 0 Å². The zero-order chi connectivity index (χ0) is 24.3. The standard InChI is InChI=1S/C26H31N3O5/c1-29(2)15-22(24(32)28-26(12-7-13-26)14-23(30)31)27-25(33)34-16-21-19-10-5-3-8-17(19)18-9-4-6-11-20(18)21/h3-6,8-11,21-22H,7,12-16H2,1-2H3,(H,27,33)(H,28,32)(H,30,31). The predicted molar refractivity (Wildman–Crippen MR) is 128 cm³/mol. The highest BCUT2D eigenvalue weighted by Gasteiger charge is 2.42. The van der Waals surface area contributed by atoms with Gasteiger partial charge in [0.2, 0.25) is 5.91 Å². The van der Waals surface area contributed by atoms with Crippen molar-refractivity contribution in [3.63, 3.8) is 0 Å². The fourth-order valence-corrected chi connectivity index (χ4v) is 4.93. The Hall–Kier alpha value is -3.39. The summed E-state index contributed by atoms with van der Waals surface area (Å²) < 4.78 is 5.59. The molecule has 1 unspecified atom stereocenters. The van der Waals surface area contributed by atoms with Gasteiger partial charge in [0.05, 0.1) is 12.0 Å². The van der Waals surface area contributed by atoms with Crippen molar-refractivity contribution < 1.29 is 24.2 Å². The van der Waals surface area contributed by atoms with E-state index in [9.17, 15) is 19.5 Å². The minimum atomic E-state index is -0.950. The average molecular weight is 466 g/mol. The predicted octanol–water partition coefficient (Wildman–Crippen LogP) is 2.97. The van der Waals surface area contributed by atoms with Crippen LogP contribution < -0.4 is 10.6 Å². The lowest BCUT2D eigenvalue weighted by molar-refractivity contribution is -0.140. The molecule has 0 bridgehead atoms. The van der Waals surface area contributed by atoms with E-state index >= 15 is 0 Å². The molecule has 8 nitrogen and oxygen atoms in total. The van der Waals surface area contributed by atoms with Gasteiger partial charge in [-0.25, -0.2) is 4.79 Å². The fourth-order valence-electron chi connectivity index (χ4n) is 4.93. The highest BCUT2D eigenvalue weighted by atomic mass is 16.5. The number of carbonyl (C=O) groups excluding carboxylic acids is 2. The second-order valence-corrected chi connectivity index (χ2v) is 9.48. The van der Waals surface area contributed by atoms with Crippen LogP contribution in [0.5, 0.6) is 0 Å². The molecule has 1 saturated carbocycles. The number of carboxylic acid groups (broad SMARTS) is 1. The van der Waals surface area contributed by atoms with Crippen LogP contribution >= 0.6 is 0 Å². The third-order valence-corrected chi connectivity index (χ3v) is 6.69. The Morgan fingerprint density at radius 1 is 1.06 bits per heavy atom. The number of hydrogen-bond acceptors (Lipinski definition) is 5. The molecule has 0 radical (unpaired) electrons. The maximum absolute atomic E-state index is 13.0. The number of alkyl carbamates (subject to hydrolysis) is 1. The molecular weight excluding hydrogens is 434 g/mol. The number of ether oxygens (including phenoxy) is 1. The van der Waals surface area contributed by atoms with Crippen molar-refractivity contribution in [1.82, 2.24) is 15.5 Å². The molecule has 0 saturated heterocycles. The van der Waals surface area contributed by atoms with Crippen LogP contribution in [0.4, 0.5) is 4.79 Å². The van der Waals surface area contributed by atoms with E-state index in [1.165, 1.54) is 0 Å². The third kappa shape index (κ3) is 5.07. The smallest absolute Gasteiger partial charge is 0.407 e. The maximum atomic E-state index is 13.0. The minimum absolute atomic E-state index is 0.0758. The topological polar surface area (TPSA) is 108 Å². The molecule has 0 spiro atoms. The van der Waals surface area contributed by atoms with Crippen LogP contribution in [0.15, 0.2) is 48.5 Å². The molecule has 0 aliphatic heterocycles. The van der Waals surface area contributed by atoms with Gasteiger partial charge in [0, 0.05) is 12.5 Å². The summed E-state index contributed by atoms with van der Waals surface area (Å²) in [6, 6.07) is 15.3. The molecule has 2 aromatic rings. The number of amides is 2. The van der Waals surface area contributed by atoms with Crippen LogP contribution in [0.3, 0.4) is 0 Å². The summed E-state index contributed by atoms with van der Waals surface area (Å²) in [6.45, 7) is 0.415. The van der Waals surface area contributed by atoms with Crippen molar-refractivity contribution in [3.05, 3.63) is 59.7 Å². The number of rotatable bonds is 9. The first-order chi connectivity index (χ1) is 16.3. The van der Waals surface area contributed by atoms with Gasteiger partial charge in [-0.3, -0.25) is 9.59 Å². The van der Waals surface area contributed by atoms with E-state index in [-0.39, 0.29) is 25.5 Å². The van der Waals surface area contributed by atoms with Crippen LogP contribution in [0, 0.1) is 0 Å². The molecule has 2 aromatic carbocycles. The first-order valence-corrected chi connectivity index (χ1v) is 11.6. The summed E-state index contributed by atoms with van der Waals surface area (Å²) in [6.07, 6.45) is 1.30. The number of nitrogens with zero attached hydrogens (tertiary/aromatic N) is 1. The van der Waals surface area contributed by atoms with Crippen molar-refractivity contribution in [1.29, 1.82) is 0 Å². The van der Waals surface area contributed by atoms with Crippen molar-refractivity contribution in [2.24, 2.45) is 0 Å². The molecule has 0 aromatic heterocycles. The molecule has 180 valence electrons. The first-order valence-electron chi connectivity index (χ1n) is 11.6. The summed E-state index contributed by atoms with van der Waals surface area (Å²) in [5.41, 5.74) is 3.76. The largest absolute Gasteiger partial charge is 0.481 e. The highest BCUT2D eigenvalue weighted by molar-refractivity contribution is 5.87. The number of carboxylic acids is 1. The quantitative estimate of drug-likeness (QED) is 0.526. The highest BCUT2D eigenvalue weighted by Crippen LogP contribution is 2.44. The summed E-state index contributed by atoms with van der Waals surface area (Å²) in [5.74, 6) is -1.43. The SMILES string of the molecule is CN(C)CC(NC(=O)OCC1c2ccccc2-c2ccccc21)C(=O)NC1(CC(=O)O)CCC1. The van der Waals surface area contributed by atoms with Crippen LogP contribution in [0.1, 0.15) is 42.7 Å². The molecule has 1 atom stereocenters. The van der Waals surface area contributed by atoms with Gasteiger partial charge in [0.1, 0.15) is 12.6 Å². The molecule has 2 aliphatic carbocycles. The average Bonchev–Trinajstić information content (AvgIpc) is 3.09. The number of nitrogens with one attached hydrogen (secondary N) is 2. The van der Waals surface area contributed by atoms with E-state index in [1.807, 2.05) is 36.4 Å². The normalized spacial score (nSPS) is 16.7. The van der Waals surface area contributed by atoms with E-state index in [2.05, 4.69) is 22.8 Å². The van der Waals surface area contributed by atoms with Gasteiger partial charge >= 0.3 is 12.1 Å². The molecule has 4 rings (SSSR count). The van der Waals surface area contributed by atoms with Gasteiger partial charge in [0.25, 0.3) is 0 Å². The molecular formula is C26H31N3O5. The van der Waals surface area contributed by atoms with Gasteiger partial charge in [-0.05, 0) is 55.6 Å². The molecule has 1 fully saturated rings. The van der Waals surface area contributed by atoms with Gasteiger partial charge in [-0.15, -0.1) is 0 Å². The monoisotopic (exact) mass is 465 g/mol. The summed E-state index contributed by atoms with van der Waals surface area (Å²) in [5, 5.41) is 14.8. The molecule has 2 amide bonds. The van der Waals surface area contributed by atoms with E-state index in [0.29, 0.717) is 12.8 Å². The molecule has 3 N–H and O–H groups in total. The van der Waals surface area contributed by atoms with Crippen molar-refractivity contribution in [2.45, 2.75) is 43.2 Å². The lowest BCUT2D eigenvalue weighted by atomic mass is 9.74. The zero-order valence-corrected chi connectivity index (χ0v) is 19.5. The second kappa shape index (κ2) is 9.85. The van der Waals surface area contributed by atoms with Crippen LogP contribution in [0.25, 0.3) is 11.1 Å². The number of fused-ring (bicyclic) bond motifs is 3. The molecule has 8 heteroatoms. The molecule has 34 heavy (non-hydrogen) atoms. The number of hydrogen-bond donors (Lipinski definition) is 3. The summed E-state index contributed by atoms with van der Waals surface area (Å²) in [7, 11) is 3.60. The van der Waals surface area contributed by atoms with Crippen molar-refractivity contribution in [2.75, 3.05) is 27.2 Å². The van der Waals surface area contributed by atoms with E-state index < -0.39 is 29.6 Å². The van der Waals surface area contributed by atoms with Crippen LogP contribution in [-0.4, -0.2) is 66.8 Å². The summed E-state index contributed by atoms with van der Waals surface area (Å²) in [4.78, 5) is 38.8. The Morgan fingerprint density at radius 2 is 1.65 bits per heavy atom. The Labute approximate surface area is 199 Å². The number of aliphatic carboxylic acids is 1. The number of likely N-dealkylation sites (N-methyl/N-ethyl adjacent to an activating group) is 1. The number of carbonyl (C=O) groups is 3. The number of benzene rings is 2. The molecule has 0 heterocycles. The Balaban J connectivity index is 1.41. The minimum Gasteiger partial charge on any atom is -0.481 e. The van der Waals surface area contributed by atoms with Crippen molar-refractivity contribution in [3.8, 4) is 11.1 Å². The summed E-state index contributed by atoms with van der Waals surface area (Å²) >= 11 is 0. The van der Waals surface area contributed by atoms with Crippen molar-refractivity contribution >= 4 is 18.0 Å². The Bertz CT molecular complexity index is 1030. The second-order valence-electron chi connectivity index (χ2n) is 9.48. The van der Waals surface area contributed by atoms with E-state index in [1.54, 1.807) is 19.0 Å². The zero-order valence-electron chi connectivity index (χ0n) is 19.5. The fraction of sp³-hybridized carbons (Fsp3) is 0.423. The van der Waals surface area contributed by atoms with Crippen LogP contribution in [0.2, 0.25) is 0 Å². The van der Waals surface area contributed by atoms with E-state index in [4.69, 9.17) is 4.74 Å². The maximum Gasteiger partial charge on any atom is 0.407 e. The van der Waals surface area contributed by atoms with Gasteiger partial charge in [-0.1, -0.05) is 48.5 Å². The molecule has 2 aliphatic rings. The van der Waals surface area contributed by atoms with Gasteiger partial charge < -0.3 is 25.4 Å². The van der Waals surface area contributed by atoms with Crippen LogP contribution in [-0.2, 0) is 14.3 Å². The van der Waals surface area contributed by atoms with Gasteiger partial charge in [-0.2, -0.15) is 0 Å².